The van der Waals surface area contributed by atoms with E-state index in [2.05, 4.69) is 0 Å². The molecule has 0 heterocycles. The van der Waals surface area contributed by atoms with Crippen molar-refractivity contribution in [1.82, 2.24) is 0 Å². The molecule has 7 heteroatoms. The number of rotatable bonds is 1. The predicted octanol–water partition coefficient (Wildman–Crippen LogP) is -1.84. The molecule has 5 nitrogen and oxygen atoms in total. The molecular formula is C10H7NaO5S. The van der Waals surface area contributed by atoms with Crippen LogP contribution in [0.3, 0.4) is 0 Å². The van der Waals surface area contributed by atoms with Crippen LogP contribution in [0.25, 0.3) is 10.8 Å². The van der Waals surface area contributed by atoms with E-state index in [1.807, 2.05) is 0 Å². The second-order valence-electron chi connectivity index (χ2n) is 3.24. The largest absolute Gasteiger partial charge is 1.00 e. The van der Waals surface area contributed by atoms with Gasteiger partial charge in [0, 0.05) is 10.8 Å². The zero-order valence-electron chi connectivity index (χ0n) is 8.91. The van der Waals surface area contributed by atoms with Gasteiger partial charge in [-0.3, -0.25) is 0 Å². The van der Waals surface area contributed by atoms with Gasteiger partial charge < -0.3 is 14.8 Å². The maximum absolute atomic E-state index is 11.0. The van der Waals surface area contributed by atoms with E-state index in [1.54, 1.807) is 0 Å². The molecular weight excluding hydrogens is 255 g/mol. The molecule has 0 aromatic heterocycles. The average Bonchev–Trinajstić information content (AvgIpc) is 2.15. The van der Waals surface area contributed by atoms with Crippen molar-refractivity contribution in [1.29, 1.82) is 0 Å². The average molecular weight is 262 g/mol. The number of aromatic hydroxyl groups is 2. The molecule has 0 saturated carbocycles. The Morgan fingerprint density at radius 3 is 2.18 bits per heavy atom. The van der Waals surface area contributed by atoms with Crippen LogP contribution >= 0.6 is 0 Å². The Bertz CT molecular complexity index is 666. The number of hydrogen-bond donors (Lipinski definition) is 2. The smallest absolute Gasteiger partial charge is 0.744 e. The summed E-state index contributed by atoms with van der Waals surface area (Å²) in [5.41, 5.74) is 0. The van der Waals surface area contributed by atoms with Crippen molar-refractivity contribution < 1.29 is 52.7 Å². The summed E-state index contributed by atoms with van der Waals surface area (Å²) in [7, 11) is -4.79. The van der Waals surface area contributed by atoms with E-state index in [0.717, 1.165) is 6.07 Å². The van der Waals surface area contributed by atoms with E-state index in [9.17, 15) is 23.2 Å². The van der Waals surface area contributed by atoms with Crippen molar-refractivity contribution in [3.8, 4) is 11.5 Å². The van der Waals surface area contributed by atoms with Gasteiger partial charge in [-0.2, -0.15) is 0 Å². The molecule has 0 atom stereocenters. The van der Waals surface area contributed by atoms with Crippen LogP contribution in [0.15, 0.2) is 35.2 Å². The van der Waals surface area contributed by atoms with E-state index < -0.39 is 20.8 Å². The number of fused-ring (bicyclic) bond motifs is 1. The first-order valence-corrected chi connectivity index (χ1v) is 5.71. The fourth-order valence-electron chi connectivity index (χ4n) is 1.56. The Labute approximate surface area is 120 Å². The number of phenolic OH excluding ortho intramolecular Hbond substituents is 2. The van der Waals surface area contributed by atoms with E-state index in [4.69, 9.17) is 0 Å². The first kappa shape index (κ1) is 14.3. The van der Waals surface area contributed by atoms with Gasteiger partial charge in [0.25, 0.3) is 0 Å². The summed E-state index contributed by atoms with van der Waals surface area (Å²) < 4.78 is 32.9. The molecule has 2 aromatic rings. The van der Waals surface area contributed by atoms with Crippen LogP contribution in [0, 0.1) is 0 Å². The molecule has 0 bridgehead atoms. The molecule has 0 aliphatic heterocycles. The minimum absolute atomic E-state index is 0. The van der Waals surface area contributed by atoms with E-state index >= 15 is 0 Å². The third kappa shape index (κ3) is 2.56. The standard InChI is InChI=1S/C10H8O5S.Na/c11-8-3-1-2-7-6(8)4-5-9(12)10(7)16(13,14)15;/h1-5,11-12H,(H,13,14,15);/q;+1/p-1. The maximum atomic E-state index is 11.0. The maximum Gasteiger partial charge on any atom is 1.00 e. The molecule has 0 fully saturated rings. The molecule has 0 aliphatic carbocycles. The van der Waals surface area contributed by atoms with Crippen molar-refractivity contribution in [2.24, 2.45) is 0 Å². The second kappa shape index (κ2) is 4.83. The Hall–Kier alpha value is -0.790. The molecule has 0 saturated heterocycles. The van der Waals surface area contributed by atoms with Gasteiger partial charge in [-0.05, 0) is 18.2 Å². The summed E-state index contributed by atoms with van der Waals surface area (Å²) in [5.74, 6) is -0.768. The van der Waals surface area contributed by atoms with E-state index in [-0.39, 0.29) is 46.1 Å². The van der Waals surface area contributed by atoms with Crippen LogP contribution in [0.4, 0.5) is 0 Å². The van der Waals surface area contributed by atoms with Gasteiger partial charge >= 0.3 is 29.6 Å². The van der Waals surface area contributed by atoms with Crippen LogP contribution in [-0.4, -0.2) is 23.2 Å². The molecule has 0 spiro atoms. The van der Waals surface area contributed by atoms with Crippen molar-refractivity contribution in [3.63, 3.8) is 0 Å². The monoisotopic (exact) mass is 262 g/mol. The first-order chi connectivity index (χ1) is 7.41. The van der Waals surface area contributed by atoms with Gasteiger partial charge in [-0.25, -0.2) is 8.42 Å². The van der Waals surface area contributed by atoms with Crippen molar-refractivity contribution in [3.05, 3.63) is 30.3 Å². The van der Waals surface area contributed by atoms with Gasteiger partial charge in [0.15, 0.2) is 0 Å². The summed E-state index contributed by atoms with van der Waals surface area (Å²) in [6.45, 7) is 0. The Morgan fingerprint density at radius 1 is 0.941 bits per heavy atom. The summed E-state index contributed by atoms with van der Waals surface area (Å²) in [6, 6.07) is 6.51. The third-order valence-corrected chi connectivity index (χ3v) is 3.15. The van der Waals surface area contributed by atoms with Crippen LogP contribution < -0.4 is 29.6 Å². The zero-order chi connectivity index (χ0) is 11.9. The predicted molar refractivity (Wildman–Crippen MR) is 55.2 cm³/mol. The topological polar surface area (TPSA) is 97.7 Å². The van der Waals surface area contributed by atoms with Gasteiger partial charge in [-0.15, -0.1) is 0 Å². The van der Waals surface area contributed by atoms with Crippen molar-refractivity contribution >= 4 is 20.9 Å². The Kier molecular flexibility index (Phi) is 4.06. The normalized spacial score (nSPS) is 11.1. The molecule has 0 aliphatic rings. The van der Waals surface area contributed by atoms with E-state index in [1.165, 1.54) is 24.3 Å². The van der Waals surface area contributed by atoms with Crippen molar-refractivity contribution in [2.45, 2.75) is 4.90 Å². The van der Waals surface area contributed by atoms with Gasteiger partial charge in [0.1, 0.15) is 26.5 Å². The molecule has 84 valence electrons. The number of hydrogen-bond acceptors (Lipinski definition) is 5. The minimum atomic E-state index is -4.79. The minimum Gasteiger partial charge on any atom is -0.744 e. The second-order valence-corrected chi connectivity index (χ2v) is 4.56. The molecule has 0 amide bonds. The first-order valence-electron chi connectivity index (χ1n) is 4.31. The van der Waals surface area contributed by atoms with Gasteiger partial charge in [0.2, 0.25) is 0 Å². The molecule has 2 aromatic carbocycles. The fourth-order valence-corrected chi connectivity index (χ4v) is 2.34. The molecule has 0 radical (unpaired) electrons. The summed E-state index contributed by atoms with van der Waals surface area (Å²) in [5, 5.41) is 19.1. The molecule has 17 heavy (non-hydrogen) atoms. The Morgan fingerprint density at radius 2 is 1.59 bits per heavy atom. The Balaban J connectivity index is 0.00000144. The van der Waals surface area contributed by atoms with Crippen molar-refractivity contribution in [2.75, 3.05) is 0 Å². The van der Waals surface area contributed by atoms with Gasteiger partial charge in [0.05, 0.1) is 0 Å². The van der Waals surface area contributed by atoms with Crippen LogP contribution in [0.5, 0.6) is 11.5 Å². The quantitative estimate of drug-likeness (QED) is 0.465. The van der Waals surface area contributed by atoms with Gasteiger partial charge in [-0.1, -0.05) is 12.1 Å². The zero-order valence-corrected chi connectivity index (χ0v) is 11.7. The summed E-state index contributed by atoms with van der Waals surface area (Å²) in [4.78, 5) is -0.708. The third-order valence-electron chi connectivity index (χ3n) is 2.22. The molecule has 2 rings (SSSR count). The SMILES string of the molecule is O=S(=O)([O-])c1c(O)ccc2c(O)cccc12.[Na+]. The van der Waals surface area contributed by atoms with Crippen LogP contribution in [0.2, 0.25) is 0 Å². The molecule has 2 N–H and O–H groups in total. The number of phenols is 2. The van der Waals surface area contributed by atoms with E-state index in [0.29, 0.717) is 0 Å². The summed E-state index contributed by atoms with van der Waals surface area (Å²) >= 11 is 0. The summed E-state index contributed by atoms with van der Waals surface area (Å²) in [6.07, 6.45) is 0. The fraction of sp³-hybridized carbons (Fsp3) is 0. The van der Waals surface area contributed by atoms with Crippen LogP contribution in [-0.2, 0) is 10.1 Å². The van der Waals surface area contributed by atoms with Crippen LogP contribution in [0.1, 0.15) is 0 Å². The molecule has 0 unspecified atom stereocenters. The number of benzene rings is 2.